The summed E-state index contributed by atoms with van der Waals surface area (Å²) in [5, 5.41) is 0. The third-order valence-electron chi connectivity index (χ3n) is 3.98. The van der Waals surface area contributed by atoms with Gasteiger partial charge in [0.05, 0.1) is 12.1 Å². The minimum absolute atomic E-state index is 0.0788. The van der Waals surface area contributed by atoms with E-state index in [-0.39, 0.29) is 12.1 Å². The van der Waals surface area contributed by atoms with E-state index in [9.17, 15) is 0 Å². The van der Waals surface area contributed by atoms with Crippen LogP contribution in [0.1, 0.15) is 38.3 Å². The highest BCUT2D eigenvalue weighted by atomic mass is 79.9. The molecule has 1 aromatic carbocycles. The van der Waals surface area contributed by atoms with Gasteiger partial charge in [-0.1, -0.05) is 41.1 Å². The van der Waals surface area contributed by atoms with Crippen molar-refractivity contribution in [2.75, 3.05) is 19.7 Å². The fraction of sp³-hybridized carbons (Fsp3) is 0.625. The van der Waals surface area contributed by atoms with E-state index >= 15 is 0 Å². The van der Waals surface area contributed by atoms with Gasteiger partial charge in [0.15, 0.2) is 0 Å². The second-order valence-corrected chi connectivity index (χ2v) is 6.40. The van der Waals surface area contributed by atoms with Crippen LogP contribution in [0.3, 0.4) is 0 Å². The zero-order valence-corrected chi connectivity index (χ0v) is 14.0. The van der Waals surface area contributed by atoms with Crippen LogP contribution in [-0.4, -0.2) is 36.7 Å². The molecule has 1 saturated heterocycles. The largest absolute Gasteiger partial charge is 0.377 e. The first kappa shape index (κ1) is 16.0. The van der Waals surface area contributed by atoms with Gasteiger partial charge in [-0.2, -0.15) is 0 Å². The maximum absolute atomic E-state index is 6.28. The predicted octanol–water partition coefficient (Wildman–Crippen LogP) is 3.34. The molecule has 0 saturated carbocycles. The number of rotatable bonds is 6. The molecular weight excluding hydrogens is 316 g/mol. The lowest BCUT2D eigenvalue weighted by Gasteiger charge is -2.35. The van der Waals surface area contributed by atoms with Crippen LogP contribution < -0.4 is 5.73 Å². The summed E-state index contributed by atoms with van der Waals surface area (Å²) >= 11 is 3.66. The Kier molecular flexibility index (Phi) is 6.02. The van der Waals surface area contributed by atoms with Crippen LogP contribution >= 0.6 is 15.9 Å². The summed E-state index contributed by atoms with van der Waals surface area (Å²) in [6.45, 7) is 7.13. The van der Waals surface area contributed by atoms with Gasteiger partial charge < -0.3 is 10.5 Å². The summed E-state index contributed by atoms with van der Waals surface area (Å²) in [6.07, 6.45) is 2.71. The van der Waals surface area contributed by atoms with Gasteiger partial charge in [0.1, 0.15) is 0 Å². The molecule has 2 rings (SSSR count). The monoisotopic (exact) mass is 340 g/mol. The number of halogens is 1. The molecule has 1 fully saturated rings. The van der Waals surface area contributed by atoms with E-state index < -0.39 is 0 Å². The molecule has 1 aliphatic rings. The molecule has 2 N–H and O–H groups in total. The molecule has 3 unspecified atom stereocenters. The lowest BCUT2D eigenvalue weighted by atomic mass is 9.98. The van der Waals surface area contributed by atoms with Gasteiger partial charge in [0, 0.05) is 23.7 Å². The summed E-state index contributed by atoms with van der Waals surface area (Å²) < 4.78 is 6.92. The van der Waals surface area contributed by atoms with Crippen LogP contribution in [0.2, 0.25) is 0 Å². The maximum Gasteiger partial charge on any atom is 0.0703 e. The number of benzene rings is 1. The first-order valence-electron chi connectivity index (χ1n) is 7.49. The lowest BCUT2D eigenvalue weighted by Crippen LogP contribution is -2.43. The number of hydrogen-bond acceptors (Lipinski definition) is 3. The SMILES string of the molecule is CCN(CC1CCCO1)C(c1ccccc1Br)C(C)N. The van der Waals surface area contributed by atoms with Crippen molar-refractivity contribution >= 4 is 15.9 Å². The van der Waals surface area contributed by atoms with E-state index in [1.165, 1.54) is 12.0 Å². The van der Waals surface area contributed by atoms with E-state index in [1.54, 1.807) is 0 Å². The number of ether oxygens (including phenoxy) is 1. The van der Waals surface area contributed by atoms with Crippen molar-refractivity contribution in [1.82, 2.24) is 4.90 Å². The minimum Gasteiger partial charge on any atom is -0.377 e. The maximum atomic E-state index is 6.28. The molecular formula is C16H25BrN2O. The normalized spacial score (nSPS) is 22.1. The highest BCUT2D eigenvalue weighted by molar-refractivity contribution is 9.10. The van der Waals surface area contributed by atoms with Crippen molar-refractivity contribution in [1.29, 1.82) is 0 Å². The van der Waals surface area contributed by atoms with Gasteiger partial charge in [-0.25, -0.2) is 0 Å². The first-order valence-corrected chi connectivity index (χ1v) is 8.28. The summed E-state index contributed by atoms with van der Waals surface area (Å²) in [5.74, 6) is 0. The van der Waals surface area contributed by atoms with Crippen LogP contribution in [-0.2, 0) is 4.74 Å². The first-order chi connectivity index (χ1) is 9.63. The van der Waals surface area contributed by atoms with Crippen molar-refractivity contribution in [3.05, 3.63) is 34.3 Å². The molecule has 20 heavy (non-hydrogen) atoms. The second-order valence-electron chi connectivity index (χ2n) is 5.55. The third kappa shape index (κ3) is 3.82. The molecule has 0 radical (unpaired) electrons. The molecule has 0 spiro atoms. The smallest absolute Gasteiger partial charge is 0.0703 e. The van der Waals surface area contributed by atoms with Crippen molar-refractivity contribution in [3.63, 3.8) is 0 Å². The van der Waals surface area contributed by atoms with E-state index in [4.69, 9.17) is 10.5 Å². The second kappa shape index (κ2) is 7.55. The highest BCUT2D eigenvalue weighted by Gasteiger charge is 2.28. The fourth-order valence-electron chi connectivity index (χ4n) is 3.02. The molecule has 3 nitrogen and oxygen atoms in total. The Morgan fingerprint density at radius 1 is 1.45 bits per heavy atom. The van der Waals surface area contributed by atoms with Gasteiger partial charge >= 0.3 is 0 Å². The third-order valence-corrected chi connectivity index (χ3v) is 4.71. The molecule has 1 heterocycles. The molecule has 0 aromatic heterocycles. The predicted molar refractivity (Wildman–Crippen MR) is 86.8 cm³/mol. The number of likely N-dealkylation sites (N-methyl/N-ethyl adjacent to an activating group) is 1. The zero-order valence-electron chi connectivity index (χ0n) is 12.4. The molecule has 112 valence electrons. The average Bonchev–Trinajstić information content (AvgIpc) is 2.92. The van der Waals surface area contributed by atoms with Crippen LogP contribution in [0.5, 0.6) is 0 Å². The van der Waals surface area contributed by atoms with Crippen molar-refractivity contribution in [2.24, 2.45) is 5.73 Å². The van der Waals surface area contributed by atoms with Gasteiger partial charge in [-0.15, -0.1) is 0 Å². The Morgan fingerprint density at radius 3 is 2.75 bits per heavy atom. The van der Waals surface area contributed by atoms with Crippen LogP contribution in [0.4, 0.5) is 0 Å². The Balaban J connectivity index is 2.19. The molecule has 0 aliphatic carbocycles. The summed E-state index contributed by atoms with van der Waals surface area (Å²) in [6, 6.07) is 8.67. The molecule has 0 bridgehead atoms. The summed E-state index contributed by atoms with van der Waals surface area (Å²) in [4.78, 5) is 2.45. The minimum atomic E-state index is 0.0788. The molecule has 0 amide bonds. The van der Waals surface area contributed by atoms with Crippen LogP contribution in [0.25, 0.3) is 0 Å². The van der Waals surface area contributed by atoms with Gasteiger partial charge in [0.25, 0.3) is 0 Å². The number of nitrogens with zero attached hydrogens (tertiary/aromatic N) is 1. The quantitative estimate of drug-likeness (QED) is 0.863. The van der Waals surface area contributed by atoms with E-state index in [0.717, 1.165) is 30.6 Å². The fourth-order valence-corrected chi connectivity index (χ4v) is 3.54. The van der Waals surface area contributed by atoms with Crippen LogP contribution in [0, 0.1) is 0 Å². The van der Waals surface area contributed by atoms with Crippen molar-refractivity contribution in [3.8, 4) is 0 Å². The molecule has 1 aromatic rings. The zero-order chi connectivity index (χ0) is 14.5. The Hall–Kier alpha value is -0.420. The van der Waals surface area contributed by atoms with Crippen molar-refractivity contribution < 1.29 is 4.74 Å². The highest BCUT2D eigenvalue weighted by Crippen LogP contribution is 2.30. The topological polar surface area (TPSA) is 38.5 Å². The van der Waals surface area contributed by atoms with E-state index in [1.807, 2.05) is 6.07 Å². The Morgan fingerprint density at radius 2 is 2.20 bits per heavy atom. The van der Waals surface area contributed by atoms with E-state index in [0.29, 0.717) is 6.10 Å². The Labute approximate surface area is 130 Å². The summed E-state index contributed by atoms with van der Waals surface area (Å²) in [7, 11) is 0. The van der Waals surface area contributed by atoms with Crippen molar-refractivity contribution in [2.45, 2.75) is 44.9 Å². The average molecular weight is 341 g/mol. The van der Waals surface area contributed by atoms with Gasteiger partial charge in [-0.05, 0) is 37.9 Å². The molecule has 4 heteroatoms. The lowest BCUT2D eigenvalue weighted by molar-refractivity contribution is 0.0545. The number of hydrogen-bond donors (Lipinski definition) is 1. The number of nitrogens with two attached hydrogens (primary N) is 1. The molecule has 1 aliphatic heterocycles. The Bertz CT molecular complexity index is 419. The van der Waals surface area contributed by atoms with E-state index in [2.05, 4.69) is 52.9 Å². The molecule has 3 atom stereocenters. The van der Waals surface area contributed by atoms with Gasteiger partial charge in [-0.3, -0.25) is 4.90 Å². The van der Waals surface area contributed by atoms with Crippen LogP contribution in [0.15, 0.2) is 28.7 Å². The summed E-state index contributed by atoms with van der Waals surface area (Å²) in [5.41, 5.74) is 7.55. The standard InChI is InChI=1S/C16H25BrN2O/c1-3-19(11-13-7-6-10-20-13)16(12(2)18)14-8-4-5-9-15(14)17/h4-5,8-9,12-13,16H,3,6-7,10-11,18H2,1-2H3. The van der Waals surface area contributed by atoms with Gasteiger partial charge in [0.2, 0.25) is 0 Å².